The first-order valence-electron chi connectivity index (χ1n) is 12.7. The van der Waals surface area contributed by atoms with E-state index in [1.54, 1.807) is 25.6 Å². The van der Waals surface area contributed by atoms with Crippen LogP contribution in [0.25, 0.3) is 11.2 Å². The number of carbonyl (C=O) groups excluding carboxylic acids is 1. The molecule has 2 aromatic heterocycles. The van der Waals surface area contributed by atoms with Gasteiger partial charge in [-0.1, -0.05) is 48.5 Å². The molecule has 0 radical (unpaired) electrons. The van der Waals surface area contributed by atoms with Crippen LogP contribution in [0.4, 0.5) is 5.82 Å². The van der Waals surface area contributed by atoms with Gasteiger partial charge in [0.15, 0.2) is 23.3 Å². The first-order valence-corrected chi connectivity index (χ1v) is 12.7. The molecule has 3 N–H and O–H groups in total. The van der Waals surface area contributed by atoms with Crippen molar-refractivity contribution in [2.24, 2.45) is 0 Å². The highest BCUT2D eigenvalue weighted by atomic mass is 16.6. The van der Waals surface area contributed by atoms with Crippen molar-refractivity contribution in [3.05, 3.63) is 84.4 Å². The Bertz CT molecular complexity index is 1290. The molecule has 11 nitrogen and oxygen atoms in total. The van der Waals surface area contributed by atoms with E-state index in [0.717, 1.165) is 18.4 Å². The summed E-state index contributed by atoms with van der Waals surface area (Å²) in [4.78, 5) is 25.6. The van der Waals surface area contributed by atoms with Gasteiger partial charge >= 0.3 is 0 Å². The fourth-order valence-corrected chi connectivity index (χ4v) is 4.13. The van der Waals surface area contributed by atoms with E-state index in [9.17, 15) is 9.90 Å². The lowest BCUT2D eigenvalue weighted by atomic mass is 10.1. The number of ether oxygens (including phenoxy) is 3. The molecule has 1 aliphatic heterocycles. The molecule has 0 aliphatic carbocycles. The molecular weight excluding hydrogens is 502 g/mol. The number of hydrogen-bond acceptors (Lipinski definition) is 9. The average molecular weight is 536 g/mol. The molecule has 3 atom stereocenters. The van der Waals surface area contributed by atoms with Crippen molar-refractivity contribution in [2.45, 2.75) is 31.3 Å². The van der Waals surface area contributed by atoms with E-state index >= 15 is 0 Å². The van der Waals surface area contributed by atoms with E-state index < -0.39 is 6.29 Å². The summed E-state index contributed by atoms with van der Waals surface area (Å²) in [6.45, 7) is 1.35. The van der Waals surface area contributed by atoms with Crippen molar-refractivity contribution < 1.29 is 29.2 Å². The van der Waals surface area contributed by atoms with Gasteiger partial charge in [-0.3, -0.25) is 4.79 Å². The van der Waals surface area contributed by atoms with Gasteiger partial charge in [-0.15, -0.1) is 0 Å². The minimum absolute atomic E-state index is 0.0490. The Hall–Kier alpha value is -3.74. The molecule has 3 heterocycles. The Morgan fingerprint density at radius 3 is 2.49 bits per heavy atom. The predicted octanol–water partition coefficient (Wildman–Crippen LogP) is 3.13. The van der Waals surface area contributed by atoms with E-state index in [1.807, 2.05) is 53.1 Å². The number of nitrogens with zero attached hydrogens (tertiary/aromatic N) is 4. The number of benzene rings is 2. The van der Waals surface area contributed by atoms with Crippen LogP contribution in [0.15, 0.2) is 73.3 Å². The third kappa shape index (κ3) is 7.65. The minimum atomic E-state index is -0.971. The molecule has 3 unspecified atom stereocenters. The number of imidazole rings is 1. The second-order valence-electron chi connectivity index (χ2n) is 8.87. The zero-order valence-corrected chi connectivity index (χ0v) is 21.7. The maximum absolute atomic E-state index is 12.5. The third-order valence-electron chi connectivity index (χ3n) is 6.19. The molecule has 5 rings (SSSR count). The first-order chi connectivity index (χ1) is 19.1. The van der Waals surface area contributed by atoms with Gasteiger partial charge in [0, 0.05) is 18.2 Å². The number of carbonyl (C=O) groups is 1. The zero-order chi connectivity index (χ0) is 27.5. The average Bonchev–Trinajstić information content (AvgIpc) is 3.43. The fraction of sp³-hybridized carbons (Fsp3) is 0.357. The largest absolute Gasteiger partial charge is 0.394 e. The van der Waals surface area contributed by atoms with Crippen molar-refractivity contribution >= 4 is 22.9 Å². The Morgan fingerprint density at radius 1 is 1.10 bits per heavy atom. The maximum atomic E-state index is 12.5. The van der Waals surface area contributed by atoms with E-state index in [1.165, 1.54) is 6.33 Å². The molecule has 206 valence electrons. The number of nitrogens with one attached hydrogen (secondary N) is 1. The standard InChI is InChI=1S/C25H25N5O4.C3H8O2/c31-24(17-7-3-1-4-8-17)29-22-21-23(27-15-26-22)30(16-28-21)19-11-12-20(33-13-19)14-34-25(32)18-9-5-2-6-10-18;1-5-3-2-4/h1-10,15-16,19-20,25,32H,11-14H2,(H,26,27,29,31);4H,2-3H2,1H3. The molecule has 1 fully saturated rings. The van der Waals surface area contributed by atoms with Crippen molar-refractivity contribution in [1.82, 2.24) is 19.5 Å². The smallest absolute Gasteiger partial charge is 0.256 e. The van der Waals surface area contributed by atoms with Gasteiger partial charge in [-0.2, -0.15) is 0 Å². The molecule has 1 aliphatic rings. The monoisotopic (exact) mass is 535 g/mol. The first kappa shape index (κ1) is 28.3. The molecule has 0 spiro atoms. The van der Waals surface area contributed by atoms with E-state index in [2.05, 4.69) is 25.0 Å². The zero-order valence-electron chi connectivity index (χ0n) is 21.7. The van der Waals surface area contributed by atoms with Gasteiger partial charge in [-0.05, 0) is 25.0 Å². The van der Waals surface area contributed by atoms with Crippen molar-refractivity contribution in [3.63, 3.8) is 0 Å². The topological polar surface area (TPSA) is 141 Å². The Balaban J connectivity index is 0.000000648. The molecule has 0 bridgehead atoms. The van der Waals surface area contributed by atoms with E-state index in [4.69, 9.17) is 14.6 Å². The lowest BCUT2D eigenvalue weighted by molar-refractivity contribution is -0.144. The van der Waals surface area contributed by atoms with Crippen molar-refractivity contribution in [1.29, 1.82) is 0 Å². The van der Waals surface area contributed by atoms with Crippen LogP contribution < -0.4 is 5.32 Å². The molecule has 39 heavy (non-hydrogen) atoms. The van der Waals surface area contributed by atoms with Gasteiger partial charge in [0.2, 0.25) is 0 Å². The number of fused-ring (bicyclic) bond motifs is 1. The number of aliphatic hydroxyl groups is 2. The number of hydrogen-bond donors (Lipinski definition) is 3. The van der Waals surface area contributed by atoms with Gasteiger partial charge in [0.1, 0.15) is 6.33 Å². The third-order valence-corrected chi connectivity index (χ3v) is 6.19. The summed E-state index contributed by atoms with van der Waals surface area (Å²) in [6.07, 6.45) is 3.68. The van der Waals surface area contributed by atoms with Gasteiger partial charge in [0.05, 0.1) is 44.9 Å². The van der Waals surface area contributed by atoms with Crippen LogP contribution in [-0.4, -0.2) is 75.3 Å². The second kappa shape index (κ2) is 14.4. The van der Waals surface area contributed by atoms with Gasteiger partial charge < -0.3 is 34.3 Å². The number of aromatic nitrogens is 4. The summed E-state index contributed by atoms with van der Waals surface area (Å²) >= 11 is 0. The van der Waals surface area contributed by atoms with Crippen LogP contribution in [0.2, 0.25) is 0 Å². The Kier molecular flexibility index (Phi) is 10.5. The highest BCUT2D eigenvalue weighted by molar-refractivity contribution is 6.06. The Labute approximate surface area is 226 Å². The molecule has 1 amide bonds. The van der Waals surface area contributed by atoms with Crippen LogP contribution in [0.5, 0.6) is 0 Å². The highest BCUT2D eigenvalue weighted by Gasteiger charge is 2.26. The lowest BCUT2D eigenvalue weighted by Crippen LogP contribution is -2.31. The van der Waals surface area contributed by atoms with Crippen LogP contribution in [0, 0.1) is 0 Å². The highest BCUT2D eigenvalue weighted by Crippen LogP contribution is 2.28. The Morgan fingerprint density at radius 2 is 1.85 bits per heavy atom. The van der Waals surface area contributed by atoms with Crippen molar-refractivity contribution in [2.75, 3.05) is 38.9 Å². The summed E-state index contributed by atoms with van der Waals surface area (Å²) in [5.41, 5.74) is 2.43. The lowest BCUT2D eigenvalue weighted by Gasteiger charge is -2.30. The van der Waals surface area contributed by atoms with E-state index in [0.29, 0.717) is 42.4 Å². The molecule has 11 heteroatoms. The number of anilines is 1. The SMILES string of the molecule is COCCO.O=C(Nc1ncnc2c1ncn2C1CCC(COC(O)c2ccccc2)OC1)c1ccccc1. The van der Waals surface area contributed by atoms with Crippen LogP contribution in [0.3, 0.4) is 0 Å². The minimum Gasteiger partial charge on any atom is -0.394 e. The summed E-state index contributed by atoms with van der Waals surface area (Å²) in [5.74, 6) is 0.118. The number of rotatable bonds is 9. The number of methoxy groups -OCH3 is 1. The normalized spacial score (nSPS) is 17.7. The van der Waals surface area contributed by atoms with Crippen LogP contribution >= 0.6 is 0 Å². The van der Waals surface area contributed by atoms with E-state index in [-0.39, 0.29) is 24.7 Å². The second-order valence-corrected chi connectivity index (χ2v) is 8.87. The molecule has 4 aromatic rings. The van der Waals surface area contributed by atoms with Crippen molar-refractivity contribution in [3.8, 4) is 0 Å². The molecule has 2 aromatic carbocycles. The summed E-state index contributed by atoms with van der Waals surface area (Å²) < 4.78 is 18.0. The molecule has 0 saturated carbocycles. The molecule has 1 saturated heterocycles. The van der Waals surface area contributed by atoms with Gasteiger partial charge in [0.25, 0.3) is 5.91 Å². The number of aliphatic hydroxyl groups excluding tert-OH is 2. The van der Waals surface area contributed by atoms with Crippen LogP contribution in [-0.2, 0) is 14.2 Å². The summed E-state index contributed by atoms with van der Waals surface area (Å²) in [7, 11) is 1.55. The van der Waals surface area contributed by atoms with Crippen LogP contribution in [0.1, 0.15) is 41.1 Å². The van der Waals surface area contributed by atoms with Gasteiger partial charge in [-0.25, -0.2) is 15.0 Å². The predicted molar refractivity (Wildman–Crippen MR) is 144 cm³/mol. The molecular formula is C28H33N5O6. The fourth-order valence-electron chi connectivity index (χ4n) is 4.13. The maximum Gasteiger partial charge on any atom is 0.256 e. The summed E-state index contributed by atoms with van der Waals surface area (Å²) in [6, 6.07) is 18.3. The quantitative estimate of drug-likeness (QED) is 0.276. The number of amides is 1. The summed E-state index contributed by atoms with van der Waals surface area (Å²) in [5, 5.41) is 21.0.